The lowest BCUT2D eigenvalue weighted by molar-refractivity contribution is -0.231. The van der Waals surface area contributed by atoms with E-state index in [2.05, 4.69) is 0 Å². The molecule has 5 unspecified atom stereocenters. The third-order valence-corrected chi connectivity index (χ3v) is 3.98. The third kappa shape index (κ3) is 2.40. The first-order chi connectivity index (χ1) is 7.48. The minimum atomic E-state index is -0.816. The third-order valence-electron chi connectivity index (χ3n) is 3.98. The quantitative estimate of drug-likeness (QED) is 0.753. The first kappa shape index (κ1) is 13.9. The van der Waals surface area contributed by atoms with Gasteiger partial charge in [-0.05, 0) is 13.3 Å². The molecule has 2 N–H and O–H groups in total. The van der Waals surface area contributed by atoms with E-state index >= 15 is 0 Å². The zero-order chi connectivity index (χ0) is 12.3. The summed E-state index contributed by atoms with van der Waals surface area (Å²) in [7, 11) is 1.62. The van der Waals surface area contributed by atoms with E-state index in [9.17, 15) is 10.2 Å². The summed E-state index contributed by atoms with van der Waals surface area (Å²) in [5.41, 5.74) is -0.816. The molecule has 0 bridgehead atoms. The van der Waals surface area contributed by atoms with E-state index in [0.717, 1.165) is 6.42 Å². The number of rotatable bonds is 4. The van der Waals surface area contributed by atoms with Crippen molar-refractivity contribution in [2.45, 2.75) is 45.0 Å². The maximum absolute atomic E-state index is 10.6. The van der Waals surface area contributed by atoms with Crippen LogP contribution in [-0.4, -0.2) is 48.3 Å². The highest BCUT2D eigenvalue weighted by atomic mass is 16.5. The Morgan fingerprint density at radius 3 is 2.44 bits per heavy atom. The number of methoxy groups -OCH3 is 1. The fraction of sp³-hybridized carbons (Fsp3) is 1.00. The second-order valence-corrected chi connectivity index (χ2v) is 4.88. The summed E-state index contributed by atoms with van der Waals surface area (Å²) in [5.74, 6) is -0.0270. The van der Waals surface area contributed by atoms with E-state index in [1.807, 2.05) is 20.8 Å². The number of aliphatic hydroxyl groups excluding tert-OH is 1. The SMILES string of the molecule is CCC1C(CO)OC(COC)C(C)C1(C)O. The number of hydrogen-bond donors (Lipinski definition) is 2. The second kappa shape index (κ2) is 5.45. The molecule has 1 rings (SSSR count). The van der Waals surface area contributed by atoms with Gasteiger partial charge in [0.05, 0.1) is 31.0 Å². The average Bonchev–Trinajstić information content (AvgIpc) is 2.24. The Hall–Kier alpha value is -0.160. The van der Waals surface area contributed by atoms with E-state index in [1.54, 1.807) is 7.11 Å². The van der Waals surface area contributed by atoms with Crippen LogP contribution in [-0.2, 0) is 9.47 Å². The van der Waals surface area contributed by atoms with Gasteiger partial charge >= 0.3 is 0 Å². The molecule has 1 saturated heterocycles. The van der Waals surface area contributed by atoms with Gasteiger partial charge in [-0.25, -0.2) is 0 Å². The number of ether oxygens (including phenoxy) is 2. The van der Waals surface area contributed by atoms with Crippen LogP contribution in [0.1, 0.15) is 27.2 Å². The van der Waals surface area contributed by atoms with Gasteiger partial charge in [0.1, 0.15) is 0 Å². The monoisotopic (exact) mass is 232 g/mol. The van der Waals surface area contributed by atoms with Gasteiger partial charge in [-0.3, -0.25) is 0 Å². The molecule has 4 nitrogen and oxygen atoms in total. The molecule has 5 atom stereocenters. The molecule has 16 heavy (non-hydrogen) atoms. The van der Waals surface area contributed by atoms with Gasteiger partial charge in [0.15, 0.2) is 0 Å². The number of aliphatic hydroxyl groups is 2. The van der Waals surface area contributed by atoms with E-state index in [1.165, 1.54) is 0 Å². The van der Waals surface area contributed by atoms with Crippen molar-refractivity contribution in [2.75, 3.05) is 20.3 Å². The van der Waals surface area contributed by atoms with Crippen LogP contribution in [0.2, 0.25) is 0 Å². The molecule has 0 radical (unpaired) electrons. The minimum Gasteiger partial charge on any atom is -0.394 e. The van der Waals surface area contributed by atoms with Crippen LogP contribution in [0, 0.1) is 11.8 Å². The summed E-state index contributed by atoms with van der Waals surface area (Å²) in [4.78, 5) is 0. The summed E-state index contributed by atoms with van der Waals surface area (Å²) in [6, 6.07) is 0. The van der Waals surface area contributed by atoms with Crippen LogP contribution in [0.4, 0.5) is 0 Å². The molecule has 0 aromatic heterocycles. The molecule has 1 heterocycles. The molecule has 0 aliphatic carbocycles. The second-order valence-electron chi connectivity index (χ2n) is 4.88. The van der Waals surface area contributed by atoms with Crippen molar-refractivity contribution in [3.05, 3.63) is 0 Å². The standard InChI is InChI=1S/C12H24O4/c1-5-9-10(6-13)16-11(7-15-4)8(2)12(9,3)14/h8-11,13-14H,5-7H2,1-4H3. The fourth-order valence-electron chi connectivity index (χ4n) is 2.72. The smallest absolute Gasteiger partial charge is 0.0866 e. The highest BCUT2D eigenvalue weighted by molar-refractivity contribution is 4.97. The van der Waals surface area contributed by atoms with Crippen LogP contribution in [0.25, 0.3) is 0 Å². The van der Waals surface area contributed by atoms with Crippen LogP contribution < -0.4 is 0 Å². The van der Waals surface area contributed by atoms with Crippen molar-refractivity contribution in [3.8, 4) is 0 Å². The summed E-state index contributed by atoms with van der Waals surface area (Å²) in [5, 5.41) is 19.9. The van der Waals surface area contributed by atoms with Gasteiger partial charge in [-0.1, -0.05) is 13.8 Å². The fourth-order valence-corrected chi connectivity index (χ4v) is 2.72. The predicted octanol–water partition coefficient (Wildman–Crippen LogP) is 0.806. The maximum atomic E-state index is 10.6. The molecule has 0 aromatic carbocycles. The van der Waals surface area contributed by atoms with Crippen molar-refractivity contribution >= 4 is 0 Å². The van der Waals surface area contributed by atoms with Gasteiger partial charge in [-0.15, -0.1) is 0 Å². The lowest BCUT2D eigenvalue weighted by Crippen LogP contribution is -2.59. The first-order valence-electron chi connectivity index (χ1n) is 5.96. The molecule has 0 saturated carbocycles. The molecule has 0 spiro atoms. The molecular formula is C12H24O4. The highest BCUT2D eigenvalue weighted by Crippen LogP contribution is 2.40. The zero-order valence-corrected chi connectivity index (χ0v) is 10.6. The first-order valence-corrected chi connectivity index (χ1v) is 5.96. The summed E-state index contributed by atoms with van der Waals surface area (Å²) in [6.07, 6.45) is 0.346. The van der Waals surface area contributed by atoms with Gasteiger partial charge in [0.2, 0.25) is 0 Å². The Kier molecular flexibility index (Phi) is 4.73. The van der Waals surface area contributed by atoms with E-state index in [0.29, 0.717) is 6.61 Å². The Morgan fingerprint density at radius 2 is 2.00 bits per heavy atom. The van der Waals surface area contributed by atoms with Crippen molar-refractivity contribution in [1.82, 2.24) is 0 Å². The topological polar surface area (TPSA) is 58.9 Å². The van der Waals surface area contributed by atoms with Gasteiger partial charge in [0, 0.05) is 18.9 Å². The molecular weight excluding hydrogens is 208 g/mol. The Bertz CT molecular complexity index is 217. The lowest BCUT2D eigenvalue weighted by atomic mass is 9.70. The Balaban J connectivity index is 2.86. The molecule has 1 aliphatic rings. The Labute approximate surface area is 97.6 Å². The van der Waals surface area contributed by atoms with Crippen LogP contribution >= 0.6 is 0 Å². The molecule has 0 amide bonds. The number of hydrogen-bond acceptors (Lipinski definition) is 4. The molecule has 4 heteroatoms. The summed E-state index contributed by atoms with van der Waals surface area (Å²) >= 11 is 0. The van der Waals surface area contributed by atoms with Crippen molar-refractivity contribution in [3.63, 3.8) is 0 Å². The molecule has 96 valence electrons. The normalized spacial score (nSPS) is 44.6. The summed E-state index contributed by atoms with van der Waals surface area (Å²) < 4.78 is 10.9. The molecule has 0 aromatic rings. The Morgan fingerprint density at radius 1 is 1.38 bits per heavy atom. The maximum Gasteiger partial charge on any atom is 0.0866 e. The average molecular weight is 232 g/mol. The van der Waals surface area contributed by atoms with Crippen molar-refractivity contribution in [2.24, 2.45) is 11.8 Å². The highest BCUT2D eigenvalue weighted by Gasteiger charge is 2.49. The summed E-state index contributed by atoms with van der Waals surface area (Å²) in [6.45, 7) is 6.21. The van der Waals surface area contributed by atoms with E-state index in [-0.39, 0.29) is 30.7 Å². The largest absolute Gasteiger partial charge is 0.394 e. The molecule has 1 fully saturated rings. The minimum absolute atomic E-state index is 0.000185. The molecule has 1 aliphatic heterocycles. The van der Waals surface area contributed by atoms with Crippen molar-refractivity contribution in [1.29, 1.82) is 0 Å². The van der Waals surface area contributed by atoms with Crippen LogP contribution in [0.3, 0.4) is 0 Å². The predicted molar refractivity (Wildman–Crippen MR) is 61.2 cm³/mol. The van der Waals surface area contributed by atoms with E-state index in [4.69, 9.17) is 9.47 Å². The van der Waals surface area contributed by atoms with Crippen molar-refractivity contribution < 1.29 is 19.7 Å². The van der Waals surface area contributed by atoms with Crippen LogP contribution in [0.15, 0.2) is 0 Å². The van der Waals surface area contributed by atoms with Gasteiger partial charge < -0.3 is 19.7 Å². The van der Waals surface area contributed by atoms with Gasteiger partial charge in [-0.2, -0.15) is 0 Å². The van der Waals surface area contributed by atoms with Gasteiger partial charge in [0.25, 0.3) is 0 Å². The van der Waals surface area contributed by atoms with Crippen LogP contribution in [0.5, 0.6) is 0 Å². The van der Waals surface area contributed by atoms with E-state index < -0.39 is 5.60 Å². The lowest BCUT2D eigenvalue weighted by Gasteiger charge is -2.49. The zero-order valence-electron chi connectivity index (χ0n) is 10.6.